The first kappa shape index (κ1) is 52.0. The summed E-state index contributed by atoms with van der Waals surface area (Å²) in [6.45, 7) is 7.21. The van der Waals surface area contributed by atoms with Gasteiger partial charge in [0.05, 0.1) is 61.3 Å². The molecule has 0 spiro atoms. The lowest BCUT2D eigenvalue weighted by atomic mass is 9.84. The molecule has 1 saturated heterocycles. The van der Waals surface area contributed by atoms with E-state index in [9.17, 15) is 14.4 Å². The Bertz CT molecular complexity index is 2040. The number of aromatic nitrogens is 3. The van der Waals surface area contributed by atoms with E-state index in [-0.39, 0.29) is 11.9 Å². The van der Waals surface area contributed by atoms with Crippen molar-refractivity contribution in [1.82, 2.24) is 35.8 Å². The Balaban J connectivity index is 0.000000313. The number of amides is 2. The molecule has 3 heterocycles. The van der Waals surface area contributed by atoms with Crippen LogP contribution >= 0.6 is 0 Å². The number of carbonyl (C=O) groups excluding carboxylic acids is 4. The van der Waals surface area contributed by atoms with Crippen LogP contribution < -0.4 is 21.3 Å². The number of aldehydes is 1. The molecule has 0 bridgehead atoms. The standard InChI is InChI=1S/C32H40N8O.C10H17NO3.C6H12.C2H4O2/c1-33-21-32(41)35-15-5-4-8-31-37-20-30(39-31)23-10-13-26-22(17-23)9-12-27(38-26)24-11-14-28(34-2)29(18-24)36-19-25-7-6-16-40(25)3;1-14-10(13)11-9(7-12)8-5-3-2-4-6-8;1-2-4-6-5-3-1;1-4-2-3/h9-14,17-18,20,25,33,36H,2,4-8,15-16,19,21H2,1,3H3,(H,35,41)(H,37,39);7-9H,2-6H2,1H3,(H,11,13);1-6H2;2H,1H3. The van der Waals surface area contributed by atoms with Gasteiger partial charge >= 0.3 is 6.09 Å². The van der Waals surface area contributed by atoms with Crippen LogP contribution in [0.1, 0.15) is 102 Å². The van der Waals surface area contributed by atoms with Gasteiger partial charge in [-0.2, -0.15) is 0 Å². The number of aryl methyl sites for hydroxylation is 1. The average Bonchev–Trinajstić information content (AvgIpc) is 4.01. The molecule has 2 aromatic carbocycles. The maximum atomic E-state index is 11.5. The molecule has 354 valence electrons. The van der Waals surface area contributed by atoms with E-state index in [0.717, 1.165) is 115 Å². The lowest BCUT2D eigenvalue weighted by molar-refractivity contribution is -0.126. The van der Waals surface area contributed by atoms with Crippen LogP contribution in [-0.4, -0.2) is 118 Å². The second-order valence-corrected chi connectivity index (χ2v) is 16.9. The summed E-state index contributed by atoms with van der Waals surface area (Å²) < 4.78 is 8.33. The third kappa shape index (κ3) is 18.0. The highest BCUT2D eigenvalue weighted by molar-refractivity contribution is 5.86. The molecule has 5 N–H and O–H groups in total. The fourth-order valence-corrected chi connectivity index (χ4v) is 8.41. The number of hydrogen-bond donors (Lipinski definition) is 5. The van der Waals surface area contributed by atoms with Gasteiger partial charge in [0.25, 0.3) is 6.47 Å². The van der Waals surface area contributed by atoms with Crippen molar-refractivity contribution < 1.29 is 28.7 Å². The number of likely N-dealkylation sites (tertiary alicyclic amines) is 1. The van der Waals surface area contributed by atoms with Crippen LogP contribution in [0.4, 0.5) is 16.2 Å². The van der Waals surface area contributed by atoms with E-state index in [4.69, 9.17) is 9.78 Å². The van der Waals surface area contributed by atoms with Crippen LogP contribution in [0.2, 0.25) is 0 Å². The highest BCUT2D eigenvalue weighted by atomic mass is 16.5. The van der Waals surface area contributed by atoms with Crippen LogP contribution in [-0.2, 0) is 30.3 Å². The lowest BCUT2D eigenvalue weighted by Gasteiger charge is -2.26. The number of benzene rings is 2. The number of fused-ring (bicyclic) bond motifs is 1. The third-order valence-corrected chi connectivity index (χ3v) is 12.2. The molecule has 2 unspecified atom stereocenters. The van der Waals surface area contributed by atoms with Gasteiger partial charge in [0.1, 0.15) is 12.1 Å². The van der Waals surface area contributed by atoms with Crippen molar-refractivity contribution in [2.24, 2.45) is 10.9 Å². The number of ether oxygens (including phenoxy) is 2. The number of hydrogen-bond acceptors (Lipinski definition) is 12. The predicted octanol–water partition coefficient (Wildman–Crippen LogP) is 8.41. The van der Waals surface area contributed by atoms with E-state index in [1.54, 1.807) is 7.05 Å². The number of imidazole rings is 1. The molecule has 3 aliphatic rings. The van der Waals surface area contributed by atoms with Crippen molar-refractivity contribution in [3.8, 4) is 22.5 Å². The average molecular weight is 896 g/mol. The Morgan fingerprint density at radius 1 is 0.923 bits per heavy atom. The minimum Gasteiger partial charge on any atom is -0.471 e. The number of anilines is 1. The number of pyridine rings is 1. The number of alkyl carbamates (subject to hydrolysis) is 1. The predicted molar refractivity (Wildman–Crippen MR) is 261 cm³/mol. The molecule has 0 radical (unpaired) electrons. The number of aliphatic imine (C=N–C) groups is 1. The van der Waals surface area contributed by atoms with Gasteiger partial charge in [-0.25, -0.2) is 14.8 Å². The highest BCUT2D eigenvalue weighted by Gasteiger charge is 2.25. The fraction of sp³-hybridized carbons (Fsp3) is 0.540. The van der Waals surface area contributed by atoms with Gasteiger partial charge in [0.2, 0.25) is 5.91 Å². The monoisotopic (exact) mass is 896 g/mol. The topological polar surface area (TPSA) is 192 Å². The van der Waals surface area contributed by atoms with Crippen molar-refractivity contribution in [2.75, 3.05) is 59.8 Å². The summed E-state index contributed by atoms with van der Waals surface area (Å²) in [5, 5.41) is 13.0. The maximum absolute atomic E-state index is 11.5. The van der Waals surface area contributed by atoms with Crippen LogP contribution in [0.3, 0.4) is 0 Å². The molecule has 65 heavy (non-hydrogen) atoms. The summed E-state index contributed by atoms with van der Waals surface area (Å²) in [6.07, 6.45) is 21.9. The molecular formula is C50H73N9O6. The maximum Gasteiger partial charge on any atom is 0.407 e. The van der Waals surface area contributed by atoms with Gasteiger partial charge in [-0.3, -0.25) is 14.6 Å². The number of carbonyl (C=O) groups is 4. The zero-order valence-electron chi connectivity index (χ0n) is 39.2. The summed E-state index contributed by atoms with van der Waals surface area (Å²) >= 11 is 0. The zero-order chi connectivity index (χ0) is 46.7. The first-order valence-corrected chi connectivity index (χ1v) is 23.4. The largest absolute Gasteiger partial charge is 0.471 e. The van der Waals surface area contributed by atoms with E-state index >= 15 is 0 Å². The van der Waals surface area contributed by atoms with Crippen molar-refractivity contribution >= 4 is 53.8 Å². The van der Waals surface area contributed by atoms with Crippen molar-refractivity contribution in [3.05, 3.63) is 60.6 Å². The van der Waals surface area contributed by atoms with Gasteiger partial charge in [0, 0.05) is 42.1 Å². The zero-order valence-corrected chi connectivity index (χ0v) is 39.2. The summed E-state index contributed by atoms with van der Waals surface area (Å²) in [4.78, 5) is 61.8. The molecule has 15 nitrogen and oxygen atoms in total. The van der Waals surface area contributed by atoms with Gasteiger partial charge in [0.15, 0.2) is 0 Å². The molecular weight excluding hydrogens is 823 g/mol. The van der Waals surface area contributed by atoms with E-state index in [0.29, 0.717) is 31.5 Å². The van der Waals surface area contributed by atoms with Gasteiger partial charge in [-0.15, -0.1) is 0 Å². The molecule has 4 aromatic rings. The minimum atomic E-state index is -0.521. The number of unbranched alkanes of at least 4 members (excludes halogenated alkanes) is 1. The Kier molecular flexibility index (Phi) is 23.7. The Hall–Kier alpha value is -5.67. The first-order valence-electron chi connectivity index (χ1n) is 23.4. The van der Waals surface area contributed by atoms with Gasteiger partial charge < -0.3 is 45.4 Å². The second-order valence-electron chi connectivity index (χ2n) is 16.9. The SMILES string of the molecule is C1CCCCC1.C=Nc1ccc(-c2ccc3cc(-c4cnc(CCCCNC(=O)CNC)[nH]4)ccc3n2)cc1NCC1CCCN1C.COC(=O)NC(C=O)C1CCCCC1.COC=O. The van der Waals surface area contributed by atoms with Crippen molar-refractivity contribution in [3.63, 3.8) is 0 Å². The summed E-state index contributed by atoms with van der Waals surface area (Å²) in [6, 6.07) is 16.9. The summed E-state index contributed by atoms with van der Waals surface area (Å²) in [5.41, 5.74) is 6.83. The molecule has 15 heteroatoms. The smallest absolute Gasteiger partial charge is 0.407 e. The van der Waals surface area contributed by atoms with Crippen LogP contribution in [0, 0.1) is 5.92 Å². The minimum absolute atomic E-state index is 0.0260. The number of likely N-dealkylation sites (N-methyl/N-ethyl adjacent to an activating group) is 2. The molecule has 3 fully saturated rings. The Morgan fingerprint density at radius 3 is 2.26 bits per heavy atom. The van der Waals surface area contributed by atoms with E-state index < -0.39 is 6.09 Å². The third-order valence-electron chi connectivity index (χ3n) is 12.2. The van der Waals surface area contributed by atoms with E-state index in [2.05, 4.69) is 107 Å². The van der Waals surface area contributed by atoms with Crippen LogP contribution in [0.25, 0.3) is 33.4 Å². The summed E-state index contributed by atoms with van der Waals surface area (Å²) in [5.74, 6) is 1.27. The lowest BCUT2D eigenvalue weighted by Crippen LogP contribution is -2.42. The number of methoxy groups -OCH3 is 2. The molecule has 2 amide bonds. The summed E-state index contributed by atoms with van der Waals surface area (Å²) in [7, 11) is 6.57. The number of nitrogens with zero attached hydrogens (tertiary/aromatic N) is 4. The van der Waals surface area contributed by atoms with Crippen molar-refractivity contribution in [2.45, 2.75) is 115 Å². The van der Waals surface area contributed by atoms with E-state index in [1.807, 2.05) is 12.3 Å². The van der Waals surface area contributed by atoms with Crippen LogP contribution in [0.15, 0.2) is 59.7 Å². The Morgan fingerprint density at radius 2 is 1.63 bits per heavy atom. The molecule has 2 aliphatic carbocycles. The highest BCUT2D eigenvalue weighted by Crippen LogP contribution is 2.32. The van der Waals surface area contributed by atoms with E-state index in [1.165, 1.54) is 72.0 Å². The molecule has 2 atom stereocenters. The number of nitrogens with one attached hydrogen (secondary N) is 5. The molecule has 2 aromatic heterocycles. The normalized spacial score (nSPS) is 16.5. The number of H-pyrrole nitrogens is 1. The second kappa shape index (κ2) is 29.7. The number of aromatic amines is 1. The molecule has 7 rings (SSSR count). The van der Waals surface area contributed by atoms with Crippen molar-refractivity contribution in [1.29, 1.82) is 0 Å². The molecule has 1 aliphatic heterocycles. The van der Waals surface area contributed by atoms with Crippen LogP contribution in [0.5, 0.6) is 0 Å². The Labute approximate surface area is 385 Å². The van der Waals surface area contributed by atoms with Gasteiger partial charge in [-0.1, -0.05) is 76.0 Å². The molecule has 2 saturated carbocycles. The quantitative estimate of drug-likeness (QED) is 0.0389. The fourth-order valence-electron chi connectivity index (χ4n) is 8.41. The van der Waals surface area contributed by atoms with Gasteiger partial charge in [-0.05, 0) is 102 Å². The number of rotatable bonds is 17. The first-order chi connectivity index (χ1) is 31.7.